The fourth-order valence-electron chi connectivity index (χ4n) is 2.81. The number of ether oxygens (including phenoxy) is 3. The zero-order valence-corrected chi connectivity index (χ0v) is 16.9. The molecule has 3 N–H and O–H groups in total. The van der Waals surface area contributed by atoms with Crippen LogP contribution in [0.25, 0.3) is 0 Å². The Kier molecular flexibility index (Phi) is 7.03. The van der Waals surface area contributed by atoms with Gasteiger partial charge in [-0.25, -0.2) is 4.39 Å². The molecule has 0 spiro atoms. The van der Waals surface area contributed by atoms with Crippen molar-refractivity contribution in [3.05, 3.63) is 53.3 Å². The third-order valence-corrected chi connectivity index (χ3v) is 4.38. The minimum atomic E-state index is -0.661. The molecule has 0 saturated carbocycles. The Balaban J connectivity index is 2.22. The second kappa shape index (κ2) is 9.27. The molecule has 0 saturated heterocycles. The van der Waals surface area contributed by atoms with Gasteiger partial charge in [-0.3, -0.25) is 9.59 Å². The van der Waals surface area contributed by atoms with Crippen LogP contribution < -0.4 is 25.3 Å². The minimum Gasteiger partial charge on any atom is -0.493 e. The number of hydrogen-bond acceptors (Lipinski definition) is 5. The summed E-state index contributed by atoms with van der Waals surface area (Å²) in [5, 5.41) is 2.81. The van der Waals surface area contributed by atoms with Gasteiger partial charge in [0.05, 0.1) is 14.2 Å². The maximum atomic E-state index is 14.1. The number of benzene rings is 2. The molecule has 0 radical (unpaired) electrons. The highest BCUT2D eigenvalue weighted by Crippen LogP contribution is 2.38. The number of primary amides is 1. The van der Waals surface area contributed by atoms with E-state index in [1.807, 2.05) is 13.8 Å². The Labute approximate surface area is 168 Å². The maximum absolute atomic E-state index is 14.1. The molecule has 0 unspecified atom stereocenters. The molecule has 2 aromatic carbocycles. The number of halogens is 1. The lowest BCUT2D eigenvalue weighted by Gasteiger charge is -2.26. The van der Waals surface area contributed by atoms with Crippen LogP contribution in [-0.2, 0) is 10.2 Å². The third kappa shape index (κ3) is 5.37. The Hall–Kier alpha value is -3.29. The summed E-state index contributed by atoms with van der Waals surface area (Å²) in [5.74, 6) is -0.796. The maximum Gasteiger partial charge on any atom is 0.255 e. The molecular weight excluding hydrogens is 379 g/mol. The van der Waals surface area contributed by atoms with Gasteiger partial charge in [0, 0.05) is 17.5 Å². The van der Waals surface area contributed by atoms with E-state index in [0.29, 0.717) is 5.56 Å². The first kappa shape index (κ1) is 22.0. The molecule has 0 aliphatic rings. The first-order valence-corrected chi connectivity index (χ1v) is 8.90. The summed E-state index contributed by atoms with van der Waals surface area (Å²) in [4.78, 5) is 23.7. The standard InChI is InChI=1S/C21H25FN2O5/c1-21(2,14-7-5-6-8-15(14)22)12-24-20(26)13-9-16(27-3)19(17(10-13)28-4)29-11-18(23)25/h5-10H,11-12H2,1-4H3,(H2,23,25)(H,24,26). The average Bonchev–Trinajstić information content (AvgIpc) is 2.69. The van der Waals surface area contributed by atoms with Crippen LogP contribution in [0.2, 0.25) is 0 Å². The summed E-state index contributed by atoms with van der Waals surface area (Å²) in [6.07, 6.45) is 0. The molecule has 0 heterocycles. The highest BCUT2D eigenvalue weighted by atomic mass is 19.1. The van der Waals surface area contributed by atoms with E-state index >= 15 is 0 Å². The van der Waals surface area contributed by atoms with Crippen LogP contribution >= 0.6 is 0 Å². The van der Waals surface area contributed by atoms with Crippen molar-refractivity contribution in [2.45, 2.75) is 19.3 Å². The molecule has 0 aliphatic carbocycles. The first-order chi connectivity index (χ1) is 13.7. The zero-order chi connectivity index (χ0) is 21.6. The number of carbonyl (C=O) groups is 2. The molecule has 2 amide bonds. The second-order valence-electron chi connectivity index (χ2n) is 7.01. The van der Waals surface area contributed by atoms with Gasteiger partial charge in [0.25, 0.3) is 11.8 Å². The molecule has 0 fully saturated rings. The lowest BCUT2D eigenvalue weighted by Crippen LogP contribution is -2.37. The van der Waals surface area contributed by atoms with Gasteiger partial charge in [0.2, 0.25) is 5.75 Å². The molecule has 2 aromatic rings. The van der Waals surface area contributed by atoms with Crippen molar-refractivity contribution in [1.29, 1.82) is 0 Å². The van der Waals surface area contributed by atoms with Crippen molar-refractivity contribution in [3.63, 3.8) is 0 Å². The molecule has 0 aliphatic heterocycles. The van der Waals surface area contributed by atoms with E-state index < -0.39 is 17.2 Å². The fraction of sp³-hybridized carbons (Fsp3) is 0.333. The van der Waals surface area contributed by atoms with Gasteiger partial charge in [0.1, 0.15) is 5.82 Å². The van der Waals surface area contributed by atoms with E-state index in [-0.39, 0.29) is 41.8 Å². The molecule has 0 bridgehead atoms. The van der Waals surface area contributed by atoms with Gasteiger partial charge in [0.15, 0.2) is 18.1 Å². The van der Waals surface area contributed by atoms with Crippen LogP contribution in [0.15, 0.2) is 36.4 Å². The molecule has 2 rings (SSSR count). The molecule has 29 heavy (non-hydrogen) atoms. The van der Waals surface area contributed by atoms with Gasteiger partial charge in [-0.05, 0) is 23.8 Å². The highest BCUT2D eigenvalue weighted by Gasteiger charge is 2.25. The van der Waals surface area contributed by atoms with E-state index in [2.05, 4.69) is 5.32 Å². The van der Waals surface area contributed by atoms with Crippen molar-refractivity contribution in [3.8, 4) is 17.2 Å². The van der Waals surface area contributed by atoms with Crippen LogP contribution in [0.1, 0.15) is 29.8 Å². The van der Waals surface area contributed by atoms with Crippen molar-refractivity contribution in [2.75, 3.05) is 27.4 Å². The Morgan fingerprint density at radius 1 is 1.10 bits per heavy atom. The lowest BCUT2D eigenvalue weighted by molar-refractivity contribution is -0.120. The Morgan fingerprint density at radius 3 is 2.21 bits per heavy atom. The Morgan fingerprint density at radius 2 is 1.69 bits per heavy atom. The van der Waals surface area contributed by atoms with E-state index in [1.54, 1.807) is 18.2 Å². The van der Waals surface area contributed by atoms with Crippen LogP contribution in [0.5, 0.6) is 17.2 Å². The van der Waals surface area contributed by atoms with Gasteiger partial charge in [-0.15, -0.1) is 0 Å². The quantitative estimate of drug-likeness (QED) is 0.669. The number of rotatable bonds is 9. The van der Waals surface area contributed by atoms with Crippen molar-refractivity contribution < 1.29 is 28.2 Å². The molecule has 0 atom stereocenters. The Bertz CT molecular complexity index is 873. The largest absolute Gasteiger partial charge is 0.493 e. The summed E-state index contributed by atoms with van der Waals surface area (Å²) >= 11 is 0. The van der Waals surface area contributed by atoms with Crippen LogP contribution in [0, 0.1) is 5.82 Å². The van der Waals surface area contributed by atoms with Crippen molar-refractivity contribution in [1.82, 2.24) is 5.32 Å². The molecule has 0 aromatic heterocycles. The second-order valence-corrected chi connectivity index (χ2v) is 7.01. The predicted molar refractivity (Wildman–Crippen MR) is 106 cm³/mol. The molecule has 156 valence electrons. The normalized spacial score (nSPS) is 10.9. The molecule has 7 nitrogen and oxygen atoms in total. The zero-order valence-electron chi connectivity index (χ0n) is 16.9. The number of amides is 2. The van der Waals surface area contributed by atoms with E-state index in [1.165, 1.54) is 32.4 Å². The summed E-state index contributed by atoms with van der Waals surface area (Å²) in [5.41, 5.74) is 5.24. The smallest absolute Gasteiger partial charge is 0.255 e. The number of hydrogen-bond donors (Lipinski definition) is 2. The molecule has 8 heteroatoms. The van der Waals surface area contributed by atoms with Gasteiger partial charge >= 0.3 is 0 Å². The topological polar surface area (TPSA) is 99.9 Å². The van der Waals surface area contributed by atoms with Crippen molar-refractivity contribution >= 4 is 11.8 Å². The van der Waals surface area contributed by atoms with Crippen LogP contribution in [0.3, 0.4) is 0 Å². The van der Waals surface area contributed by atoms with Crippen LogP contribution in [-0.4, -0.2) is 39.2 Å². The summed E-state index contributed by atoms with van der Waals surface area (Å²) in [6.45, 7) is 3.52. The van der Waals surface area contributed by atoms with E-state index in [9.17, 15) is 14.0 Å². The average molecular weight is 404 g/mol. The van der Waals surface area contributed by atoms with E-state index in [0.717, 1.165) is 0 Å². The summed E-state index contributed by atoms with van der Waals surface area (Å²) in [7, 11) is 2.80. The summed E-state index contributed by atoms with van der Waals surface area (Å²) in [6, 6.07) is 9.38. The van der Waals surface area contributed by atoms with Gasteiger partial charge < -0.3 is 25.3 Å². The fourth-order valence-corrected chi connectivity index (χ4v) is 2.81. The number of nitrogens with two attached hydrogens (primary N) is 1. The highest BCUT2D eigenvalue weighted by molar-refractivity contribution is 5.95. The third-order valence-electron chi connectivity index (χ3n) is 4.38. The number of nitrogens with one attached hydrogen (secondary N) is 1. The van der Waals surface area contributed by atoms with Crippen LogP contribution in [0.4, 0.5) is 4.39 Å². The molecular formula is C21H25FN2O5. The van der Waals surface area contributed by atoms with Gasteiger partial charge in [-0.2, -0.15) is 0 Å². The van der Waals surface area contributed by atoms with Crippen molar-refractivity contribution in [2.24, 2.45) is 5.73 Å². The SMILES string of the molecule is COc1cc(C(=O)NCC(C)(C)c2ccccc2F)cc(OC)c1OCC(N)=O. The first-order valence-electron chi connectivity index (χ1n) is 8.90. The summed E-state index contributed by atoms with van der Waals surface area (Å²) < 4.78 is 30.0. The van der Waals surface area contributed by atoms with E-state index in [4.69, 9.17) is 19.9 Å². The number of carbonyl (C=O) groups excluding carboxylic acids is 2. The van der Waals surface area contributed by atoms with Gasteiger partial charge in [-0.1, -0.05) is 32.0 Å². The number of methoxy groups -OCH3 is 2. The monoisotopic (exact) mass is 404 g/mol. The predicted octanol–water partition coefficient (Wildman–Crippen LogP) is 2.41. The minimum absolute atomic E-state index is 0.164. The lowest BCUT2D eigenvalue weighted by atomic mass is 9.84.